The van der Waals surface area contributed by atoms with Gasteiger partial charge in [-0.2, -0.15) is 0 Å². The molecule has 1 aliphatic heterocycles. The first-order valence-electron chi connectivity index (χ1n) is 12.1. The highest BCUT2D eigenvalue weighted by Gasteiger charge is 2.41. The Bertz CT molecular complexity index is 1650. The second-order valence-electron chi connectivity index (χ2n) is 9.28. The molecule has 3 aromatic carbocycles. The van der Waals surface area contributed by atoms with Crippen LogP contribution >= 0.6 is 12.2 Å². The van der Waals surface area contributed by atoms with Crippen LogP contribution in [0, 0.1) is 13.8 Å². The third kappa shape index (κ3) is 4.29. The van der Waals surface area contributed by atoms with Gasteiger partial charge in [-0.05, 0) is 98.2 Å². The van der Waals surface area contributed by atoms with Crippen molar-refractivity contribution in [3.63, 3.8) is 0 Å². The highest BCUT2D eigenvalue weighted by molar-refractivity contribution is 7.81. The topological polar surface area (TPSA) is 82.9 Å². The number of aliphatic carboxylic acids is 1. The summed E-state index contributed by atoms with van der Waals surface area (Å²) in [7, 11) is 0. The van der Waals surface area contributed by atoms with Crippen LogP contribution in [0.4, 0.5) is 11.4 Å². The van der Waals surface area contributed by atoms with Crippen molar-refractivity contribution in [2.75, 3.05) is 9.80 Å². The lowest BCUT2D eigenvalue weighted by Crippen LogP contribution is -2.57. The molecule has 4 aromatic rings. The number of benzene rings is 3. The first-order chi connectivity index (χ1) is 18.2. The van der Waals surface area contributed by atoms with Gasteiger partial charge >= 0.3 is 5.97 Å². The molecule has 8 heteroatoms. The number of hydrogen-bond donors (Lipinski definition) is 1. The summed E-state index contributed by atoms with van der Waals surface area (Å²) < 4.78 is 1.67. The lowest BCUT2D eigenvalue weighted by molar-refractivity contribution is -0.140. The van der Waals surface area contributed by atoms with Crippen molar-refractivity contribution in [2.24, 2.45) is 0 Å². The van der Waals surface area contributed by atoms with Crippen LogP contribution in [0.2, 0.25) is 0 Å². The minimum Gasteiger partial charge on any atom is -0.480 e. The summed E-state index contributed by atoms with van der Waals surface area (Å²) in [6.45, 7) is 5.56. The van der Waals surface area contributed by atoms with E-state index in [9.17, 15) is 19.5 Å². The van der Waals surface area contributed by atoms with Gasteiger partial charge < -0.3 is 9.67 Å². The molecule has 0 radical (unpaired) electrons. The van der Waals surface area contributed by atoms with Crippen LogP contribution in [0.25, 0.3) is 17.0 Å². The Hall–Kier alpha value is -4.56. The molecule has 1 fully saturated rings. The summed E-state index contributed by atoms with van der Waals surface area (Å²) in [5.74, 6) is -1.95. The smallest absolute Gasteiger partial charge is 0.326 e. The van der Waals surface area contributed by atoms with Gasteiger partial charge in [-0.1, -0.05) is 30.3 Å². The molecule has 0 unspecified atom stereocenters. The van der Waals surface area contributed by atoms with Gasteiger partial charge in [0.15, 0.2) is 5.11 Å². The van der Waals surface area contributed by atoms with Crippen molar-refractivity contribution in [1.82, 2.24) is 4.57 Å². The fraction of sp³-hybridized carbons (Fsp3) is 0.133. The van der Waals surface area contributed by atoms with E-state index in [4.69, 9.17) is 12.2 Å². The maximum atomic E-state index is 13.8. The number of aromatic nitrogens is 1. The summed E-state index contributed by atoms with van der Waals surface area (Å²) >= 11 is 5.70. The van der Waals surface area contributed by atoms with Gasteiger partial charge in [0.2, 0.25) is 0 Å². The normalized spacial score (nSPS) is 16.0. The van der Waals surface area contributed by atoms with Crippen molar-refractivity contribution in [2.45, 2.75) is 26.8 Å². The van der Waals surface area contributed by atoms with Gasteiger partial charge in [0.25, 0.3) is 11.8 Å². The van der Waals surface area contributed by atoms with Gasteiger partial charge in [0, 0.05) is 17.1 Å². The zero-order valence-corrected chi connectivity index (χ0v) is 21.9. The molecule has 1 aromatic heterocycles. The molecular formula is C30H25N3O4S. The zero-order valence-electron chi connectivity index (χ0n) is 21.1. The Labute approximate surface area is 225 Å². The largest absolute Gasteiger partial charge is 0.480 e. The number of carbonyl (C=O) groups is 3. The molecule has 0 spiro atoms. The first kappa shape index (κ1) is 25.1. The van der Waals surface area contributed by atoms with Crippen molar-refractivity contribution in [1.29, 1.82) is 0 Å². The molecule has 2 heterocycles. The van der Waals surface area contributed by atoms with Crippen molar-refractivity contribution >= 4 is 63.5 Å². The second kappa shape index (κ2) is 9.72. The number of nitrogens with zero attached hydrogens (tertiary/aromatic N) is 3. The maximum absolute atomic E-state index is 13.8. The number of rotatable bonds is 5. The average molecular weight is 524 g/mol. The summed E-state index contributed by atoms with van der Waals surface area (Å²) in [4.78, 5) is 41.8. The van der Waals surface area contributed by atoms with E-state index in [1.165, 1.54) is 9.80 Å². The van der Waals surface area contributed by atoms with E-state index in [0.717, 1.165) is 22.0 Å². The molecule has 1 N–H and O–H groups in total. The molecule has 0 saturated carbocycles. The lowest BCUT2D eigenvalue weighted by atomic mass is 10.0. The molecule has 0 aliphatic carbocycles. The van der Waals surface area contributed by atoms with Gasteiger partial charge in [0.1, 0.15) is 11.6 Å². The summed E-state index contributed by atoms with van der Waals surface area (Å²) in [5, 5.41) is 10.3. The molecule has 38 heavy (non-hydrogen) atoms. The Kier molecular flexibility index (Phi) is 6.42. The number of para-hydroxylation sites is 1. The molecule has 5 rings (SSSR count). The van der Waals surface area contributed by atoms with Gasteiger partial charge in [0.05, 0.1) is 11.4 Å². The molecule has 1 aliphatic rings. The quantitative estimate of drug-likeness (QED) is 0.208. The molecule has 2 amide bonds. The average Bonchev–Trinajstić information content (AvgIpc) is 3.32. The molecular weight excluding hydrogens is 498 g/mol. The van der Waals surface area contributed by atoms with E-state index in [1.807, 2.05) is 62.4 Å². The van der Waals surface area contributed by atoms with Crippen LogP contribution in [0.3, 0.4) is 0 Å². The van der Waals surface area contributed by atoms with Gasteiger partial charge in [-0.25, -0.2) is 4.79 Å². The number of thiocarbonyl (C=S) groups is 1. The van der Waals surface area contributed by atoms with E-state index >= 15 is 0 Å². The zero-order chi connectivity index (χ0) is 27.1. The molecule has 7 nitrogen and oxygen atoms in total. The van der Waals surface area contributed by atoms with E-state index in [2.05, 4.69) is 0 Å². The Morgan fingerprint density at radius 2 is 1.55 bits per heavy atom. The van der Waals surface area contributed by atoms with Crippen LogP contribution < -0.4 is 9.80 Å². The van der Waals surface area contributed by atoms with Crippen molar-refractivity contribution < 1.29 is 19.5 Å². The summed E-state index contributed by atoms with van der Waals surface area (Å²) in [6.07, 6.45) is 3.28. The monoisotopic (exact) mass is 523 g/mol. The fourth-order valence-corrected chi connectivity index (χ4v) is 4.90. The van der Waals surface area contributed by atoms with Crippen LogP contribution in [0.15, 0.2) is 84.6 Å². The van der Waals surface area contributed by atoms with Crippen LogP contribution in [-0.4, -0.2) is 32.6 Å². The highest BCUT2D eigenvalue weighted by atomic mass is 32.1. The third-order valence-corrected chi connectivity index (χ3v) is 7.21. The molecule has 190 valence electrons. The number of aryl methyl sites for hydroxylation is 2. The predicted molar refractivity (Wildman–Crippen MR) is 152 cm³/mol. The lowest BCUT2D eigenvalue weighted by Gasteiger charge is -2.36. The van der Waals surface area contributed by atoms with Gasteiger partial charge in [-0.3, -0.25) is 19.4 Å². The summed E-state index contributed by atoms with van der Waals surface area (Å²) in [6, 6.07) is 21.1. The molecule has 1 atom stereocenters. The highest BCUT2D eigenvalue weighted by Crippen LogP contribution is 2.31. The Morgan fingerprint density at radius 1 is 0.868 bits per heavy atom. The third-order valence-electron chi connectivity index (χ3n) is 6.84. The number of fused-ring (bicyclic) bond motifs is 1. The van der Waals surface area contributed by atoms with Crippen molar-refractivity contribution in [3.05, 3.63) is 101 Å². The predicted octanol–water partition coefficient (Wildman–Crippen LogP) is 5.65. The Balaban J connectivity index is 1.62. The second-order valence-corrected chi connectivity index (χ2v) is 9.65. The number of anilines is 2. The maximum Gasteiger partial charge on any atom is 0.326 e. The molecule has 0 bridgehead atoms. The standard InChI is InChI=1S/C30H25N3O4S/c1-18-9-11-24(15-19(18)2)33-28(35)25(27(34)32(30(33)38)23-7-5-4-6-8-23)17-21-10-12-26-22(16-21)13-14-31(26)20(3)29(36)37/h4-17,20H,1-3H3,(H,36,37)/b25-17-/t20-/m1/s1. The van der Waals surface area contributed by atoms with Gasteiger partial charge in [-0.15, -0.1) is 0 Å². The SMILES string of the molecule is Cc1ccc(N2C(=O)/C(=C\c3ccc4c(ccn4[C@H](C)C(=O)O)c3)C(=O)N(c3ccccc3)C2=S)cc1C. The van der Waals surface area contributed by atoms with E-state index < -0.39 is 23.8 Å². The van der Waals surface area contributed by atoms with Crippen LogP contribution in [-0.2, 0) is 14.4 Å². The van der Waals surface area contributed by atoms with E-state index in [-0.39, 0.29) is 10.7 Å². The van der Waals surface area contributed by atoms with Crippen LogP contribution in [0.5, 0.6) is 0 Å². The van der Waals surface area contributed by atoms with E-state index in [0.29, 0.717) is 16.9 Å². The number of carboxylic acids is 1. The minimum atomic E-state index is -0.935. The first-order valence-corrected chi connectivity index (χ1v) is 12.5. The number of hydrogen-bond acceptors (Lipinski definition) is 4. The molecule has 1 saturated heterocycles. The summed E-state index contributed by atoms with van der Waals surface area (Å²) in [5.41, 5.74) is 4.56. The number of amides is 2. The fourth-order valence-electron chi connectivity index (χ4n) is 4.52. The Morgan fingerprint density at radius 3 is 2.21 bits per heavy atom. The number of carbonyl (C=O) groups excluding carboxylic acids is 2. The minimum absolute atomic E-state index is 0.0293. The van der Waals surface area contributed by atoms with E-state index in [1.54, 1.807) is 48.0 Å². The number of carboxylic acid groups (broad SMARTS) is 1. The van der Waals surface area contributed by atoms with Crippen LogP contribution in [0.1, 0.15) is 29.7 Å². The van der Waals surface area contributed by atoms with Crippen molar-refractivity contribution in [3.8, 4) is 0 Å².